The minimum absolute atomic E-state index is 0.0592. The molecule has 1 aromatic heterocycles. The lowest BCUT2D eigenvalue weighted by Gasteiger charge is -2.31. The van der Waals surface area contributed by atoms with E-state index in [0.717, 1.165) is 30.7 Å². The van der Waals surface area contributed by atoms with Crippen LogP contribution in [0.4, 0.5) is 4.79 Å². The number of hydrogen-bond acceptors (Lipinski definition) is 5. The van der Waals surface area contributed by atoms with Crippen molar-refractivity contribution in [2.24, 2.45) is 5.92 Å². The normalized spacial score (nSPS) is 17.2. The third-order valence-electron chi connectivity index (χ3n) is 4.55. The summed E-state index contributed by atoms with van der Waals surface area (Å²) in [7, 11) is 0. The van der Waals surface area contributed by atoms with E-state index in [4.69, 9.17) is 9.26 Å². The van der Waals surface area contributed by atoms with Crippen molar-refractivity contribution in [2.75, 3.05) is 19.7 Å². The molecule has 146 valence electrons. The lowest BCUT2D eigenvalue weighted by atomic mass is 9.98. The molecule has 1 unspecified atom stereocenters. The highest BCUT2D eigenvalue weighted by atomic mass is 16.5. The molecule has 2 heterocycles. The van der Waals surface area contributed by atoms with Gasteiger partial charge in [0.2, 0.25) is 5.89 Å². The maximum Gasteiger partial charge on any atom is 0.317 e. The number of benzene rings is 1. The lowest BCUT2D eigenvalue weighted by molar-refractivity contribution is 0.171. The Balaban J connectivity index is 1.48. The van der Waals surface area contributed by atoms with E-state index in [1.54, 1.807) is 6.92 Å². The van der Waals surface area contributed by atoms with Crippen molar-refractivity contribution in [1.82, 2.24) is 20.4 Å². The van der Waals surface area contributed by atoms with Crippen LogP contribution in [0, 0.1) is 12.8 Å². The number of likely N-dealkylation sites (tertiary alicyclic amines) is 1. The summed E-state index contributed by atoms with van der Waals surface area (Å²) in [5.74, 6) is 2.72. The van der Waals surface area contributed by atoms with Gasteiger partial charge in [-0.05, 0) is 43.4 Å². The molecule has 0 radical (unpaired) electrons. The van der Waals surface area contributed by atoms with Crippen LogP contribution in [-0.4, -0.2) is 40.8 Å². The molecule has 1 fully saturated rings. The molecule has 27 heavy (non-hydrogen) atoms. The van der Waals surface area contributed by atoms with Crippen LogP contribution >= 0.6 is 0 Å². The van der Waals surface area contributed by atoms with E-state index in [9.17, 15) is 4.79 Å². The van der Waals surface area contributed by atoms with Crippen molar-refractivity contribution in [2.45, 2.75) is 46.1 Å². The summed E-state index contributed by atoms with van der Waals surface area (Å²) in [6.07, 6.45) is 1.89. The molecule has 1 aliphatic rings. The summed E-state index contributed by atoms with van der Waals surface area (Å²) in [5.41, 5.74) is 1.04. The van der Waals surface area contributed by atoms with Crippen LogP contribution in [0.3, 0.4) is 0 Å². The number of nitrogens with zero attached hydrogens (tertiary/aromatic N) is 3. The molecule has 0 saturated carbocycles. The maximum absolute atomic E-state index is 12.5. The predicted molar refractivity (Wildman–Crippen MR) is 102 cm³/mol. The second-order valence-electron chi connectivity index (χ2n) is 7.47. The van der Waals surface area contributed by atoms with Gasteiger partial charge in [0.05, 0.1) is 12.5 Å². The Bertz CT molecular complexity index is 742. The predicted octanol–water partition coefficient (Wildman–Crippen LogP) is 3.50. The first-order valence-corrected chi connectivity index (χ1v) is 9.56. The van der Waals surface area contributed by atoms with Crippen molar-refractivity contribution in [3.05, 3.63) is 41.5 Å². The van der Waals surface area contributed by atoms with Gasteiger partial charge < -0.3 is 19.5 Å². The highest BCUT2D eigenvalue weighted by molar-refractivity contribution is 5.74. The lowest BCUT2D eigenvalue weighted by Crippen LogP contribution is -2.44. The summed E-state index contributed by atoms with van der Waals surface area (Å²) in [4.78, 5) is 18.7. The molecular weight excluding hydrogens is 344 g/mol. The zero-order valence-corrected chi connectivity index (χ0v) is 16.3. The largest absolute Gasteiger partial charge is 0.493 e. The molecule has 1 saturated heterocycles. The van der Waals surface area contributed by atoms with Gasteiger partial charge in [0.1, 0.15) is 5.75 Å². The summed E-state index contributed by atoms with van der Waals surface area (Å²) in [6, 6.07) is 7.79. The Kier molecular flexibility index (Phi) is 6.32. The minimum atomic E-state index is -0.0592. The number of rotatable bonds is 6. The number of hydrogen-bond donors (Lipinski definition) is 1. The monoisotopic (exact) mass is 372 g/mol. The summed E-state index contributed by atoms with van der Waals surface area (Å²) in [6.45, 7) is 8.59. The fourth-order valence-corrected chi connectivity index (χ4v) is 3.10. The molecule has 1 atom stereocenters. The van der Waals surface area contributed by atoms with Crippen molar-refractivity contribution in [3.8, 4) is 5.75 Å². The number of aromatic nitrogens is 2. The Morgan fingerprint density at radius 1 is 1.37 bits per heavy atom. The second-order valence-corrected chi connectivity index (χ2v) is 7.47. The van der Waals surface area contributed by atoms with Crippen LogP contribution in [0.1, 0.15) is 49.9 Å². The van der Waals surface area contributed by atoms with Crippen LogP contribution in [0.25, 0.3) is 0 Å². The van der Waals surface area contributed by atoms with Crippen LogP contribution in [0.2, 0.25) is 0 Å². The van der Waals surface area contributed by atoms with E-state index in [1.165, 1.54) is 0 Å². The summed E-state index contributed by atoms with van der Waals surface area (Å²) in [5, 5.41) is 6.85. The van der Waals surface area contributed by atoms with E-state index in [0.29, 0.717) is 37.3 Å². The highest BCUT2D eigenvalue weighted by Gasteiger charge is 2.28. The first-order valence-electron chi connectivity index (χ1n) is 9.56. The standard InChI is InChI=1S/C20H28N4O3/c1-14(2)13-26-18-8-6-16(7-9-18)11-21-20(25)24-10-4-5-17(12-24)19-22-15(3)23-27-19/h6-9,14,17H,4-5,10-13H2,1-3H3,(H,21,25). The van der Waals surface area contributed by atoms with E-state index in [1.807, 2.05) is 29.2 Å². The van der Waals surface area contributed by atoms with Gasteiger partial charge in [-0.3, -0.25) is 0 Å². The van der Waals surface area contributed by atoms with E-state index in [2.05, 4.69) is 29.3 Å². The quantitative estimate of drug-likeness (QED) is 0.839. The number of aryl methyl sites for hydroxylation is 1. The van der Waals surface area contributed by atoms with Gasteiger partial charge in [-0.15, -0.1) is 0 Å². The van der Waals surface area contributed by atoms with Crippen molar-refractivity contribution < 1.29 is 14.1 Å². The third kappa shape index (κ3) is 5.45. The Labute approximate surface area is 160 Å². The number of amides is 2. The number of carbonyl (C=O) groups is 1. The second kappa shape index (κ2) is 8.88. The number of carbonyl (C=O) groups excluding carboxylic acids is 1. The molecule has 0 spiro atoms. The fourth-order valence-electron chi connectivity index (χ4n) is 3.10. The topological polar surface area (TPSA) is 80.5 Å². The van der Waals surface area contributed by atoms with Crippen molar-refractivity contribution >= 4 is 6.03 Å². The van der Waals surface area contributed by atoms with E-state index < -0.39 is 0 Å². The first-order chi connectivity index (χ1) is 13.0. The van der Waals surface area contributed by atoms with Crippen molar-refractivity contribution in [3.63, 3.8) is 0 Å². The van der Waals surface area contributed by atoms with Crippen LogP contribution in [-0.2, 0) is 6.54 Å². The van der Waals surface area contributed by atoms with Crippen LogP contribution in [0.5, 0.6) is 5.75 Å². The van der Waals surface area contributed by atoms with Crippen molar-refractivity contribution in [1.29, 1.82) is 0 Å². The smallest absolute Gasteiger partial charge is 0.317 e. The van der Waals surface area contributed by atoms with Gasteiger partial charge in [0.15, 0.2) is 5.82 Å². The average molecular weight is 372 g/mol. The van der Waals surface area contributed by atoms with Gasteiger partial charge in [-0.2, -0.15) is 4.98 Å². The van der Waals surface area contributed by atoms with Crippen LogP contribution < -0.4 is 10.1 Å². The van der Waals surface area contributed by atoms with Gasteiger partial charge in [0, 0.05) is 19.6 Å². The molecule has 7 heteroatoms. The van der Waals surface area contributed by atoms with E-state index in [-0.39, 0.29) is 11.9 Å². The minimum Gasteiger partial charge on any atom is -0.493 e. The molecular formula is C20H28N4O3. The molecule has 0 bridgehead atoms. The fraction of sp³-hybridized carbons (Fsp3) is 0.550. The average Bonchev–Trinajstić information content (AvgIpc) is 3.12. The van der Waals surface area contributed by atoms with Gasteiger partial charge in [-0.25, -0.2) is 4.79 Å². The van der Waals surface area contributed by atoms with Gasteiger partial charge in [-0.1, -0.05) is 31.1 Å². The zero-order valence-electron chi connectivity index (χ0n) is 16.3. The Morgan fingerprint density at radius 2 is 2.15 bits per heavy atom. The maximum atomic E-state index is 12.5. The number of piperidine rings is 1. The molecule has 3 rings (SSSR count). The molecule has 7 nitrogen and oxygen atoms in total. The Morgan fingerprint density at radius 3 is 2.81 bits per heavy atom. The zero-order chi connectivity index (χ0) is 19.2. The van der Waals surface area contributed by atoms with E-state index >= 15 is 0 Å². The molecule has 1 aromatic carbocycles. The number of urea groups is 1. The molecule has 1 N–H and O–H groups in total. The molecule has 0 aliphatic carbocycles. The Hall–Kier alpha value is -2.57. The summed E-state index contributed by atoms with van der Waals surface area (Å²) < 4.78 is 11.0. The van der Waals surface area contributed by atoms with Gasteiger partial charge in [0.25, 0.3) is 0 Å². The molecule has 2 aromatic rings. The summed E-state index contributed by atoms with van der Waals surface area (Å²) >= 11 is 0. The van der Waals surface area contributed by atoms with Crippen LogP contribution in [0.15, 0.2) is 28.8 Å². The number of ether oxygens (including phenoxy) is 1. The third-order valence-corrected chi connectivity index (χ3v) is 4.55. The molecule has 1 aliphatic heterocycles. The van der Waals surface area contributed by atoms with Gasteiger partial charge >= 0.3 is 6.03 Å². The highest BCUT2D eigenvalue weighted by Crippen LogP contribution is 2.25. The SMILES string of the molecule is Cc1noc(C2CCCN(C(=O)NCc3ccc(OCC(C)C)cc3)C2)n1. The number of nitrogens with one attached hydrogen (secondary N) is 1. The molecule has 2 amide bonds. The first kappa shape index (κ1) is 19.2.